The van der Waals surface area contributed by atoms with Gasteiger partial charge in [-0.3, -0.25) is 14.6 Å². The molecule has 0 radical (unpaired) electrons. The molecule has 8 heteroatoms. The van der Waals surface area contributed by atoms with Gasteiger partial charge in [0.1, 0.15) is 0 Å². The summed E-state index contributed by atoms with van der Waals surface area (Å²) >= 11 is 0. The Morgan fingerprint density at radius 1 is 0.844 bits per heavy atom. The molecule has 0 saturated heterocycles. The Balaban J connectivity index is 1.63. The van der Waals surface area contributed by atoms with Gasteiger partial charge in [0.25, 0.3) is 5.91 Å². The summed E-state index contributed by atoms with van der Waals surface area (Å²) in [6, 6.07) is 13.8. The third-order valence-corrected chi connectivity index (χ3v) is 4.75. The molecule has 2 amide bonds. The maximum Gasteiger partial charge on any atom is 0.255 e. The largest absolute Gasteiger partial charge is 0.493 e. The van der Waals surface area contributed by atoms with Gasteiger partial charge in [-0.25, -0.2) is 0 Å². The molecule has 0 aliphatic heterocycles. The number of carbonyl (C=O) groups excluding carboxylic acids is 2. The van der Waals surface area contributed by atoms with Crippen LogP contribution in [0.3, 0.4) is 0 Å². The van der Waals surface area contributed by atoms with Gasteiger partial charge in [0.05, 0.1) is 21.3 Å². The van der Waals surface area contributed by atoms with Crippen LogP contribution in [0.25, 0.3) is 0 Å². The molecule has 0 spiro atoms. The van der Waals surface area contributed by atoms with Crippen molar-refractivity contribution in [2.75, 3.05) is 32.0 Å². The highest BCUT2D eigenvalue weighted by Crippen LogP contribution is 2.40. The van der Waals surface area contributed by atoms with E-state index in [2.05, 4.69) is 15.6 Å². The van der Waals surface area contributed by atoms with Crippen molar-refractivity contribution in [3.8, 4) is 17.2 Å². The molecule has 3 aromatic rings. The molecule has 0 aliphatic rings. The quantitative estimate of drug-likeness (QED) is 0.528. The lowest BCUT2D eigenvalue weighted by atomic mass is 10.1. The van der Waals surface area contributed by atoms with E-state index in [9.17, 15) is 9.59 Å². The SMILES string of the molecule is COc1ccc(CCC(=O)Nc2cccc(C(=O)Nc3ccncc3)c2)c(OC)c1OC. The van der Waals surface area contributed by atoms with Gasteiger partial charge in [0.2, 0.25) is 11.7 Å². The van der Waals surface area contributed by atoms with Gasteiger partial charge in [-0.05, 0) is 48.4 Å². The number of nitrogens with one attached hydrogen (secondary N) is 2. The second kappa shape index (κ2) is 10.8. The number of ether oxygens (including phenoxy) is 3. The van der Waals surface area contributed by atoms with Crippen LogP contribution in [0.2, 0.25) is 0 Å². The molecular weight excluding hydrogens is 410 g/mol. The Labute approximate surface area is 186 Å². The molecule has 0 unspecified atom stereocenters. The Hall–Kier alpha value is -4.07. The second-order valence-corrected chi connectivity index (χ2v) is 6.81. The zero-order valence-electron chi connectivity index (χ0n) is 18.2. The van der Waals surface area contributed by atoms with Gasteiger partial charge in [0.15, 0.2) is 11.5 Å². The predicted octanol–water partition coefficient (Wildman–Crippen LogP) is 3.93. The average molecular weight is 435 g/mol. The third kappa shape index (κ3) is 5.54. The highest BCUT2D eigenvalue weighted by atomic mass is 16.5. The summed E-state index contributed by atoms with van der Waals surface area (Å²) in [5, 5.41) is 5.62. The highest BCUT2D eigenvalue weighted by molar-refractivity contribution is 6.05. The van der Waals surface area contributed by atoms with Crippen LogP contribution in [0.4, 0.5) is 11.4 Å². The minimum Gasteiger partial charge on any atom is -0.493 e. The number of anilines is 2. The molecule has 8 nitrogen and oxygen atoms in total. The molecule has 1 aromatic heterocycles. The lowest BCUT2D eigenvalue weighted by Crippen LogP contribution is -2.15. The molecule has 166 valence electrons. The first kappa shape index (κ1) is 22.6. The summed E-state index contributed by atoms with van der Waals surface area (Å²) in [6.45, 7) is 0. The van der Waals surface area contributed by atoms with Gasteiger partial charge in [-0.2, -0.15) is 0 Å². The Kier molecular flexibility index (Phi) is 7.64. The van der Waals surface area contributed by atoms with Crippen molar-refractivity contribution >= 4 is 23.2 Å². The van der Waals surface area contributed by atoms with Gasteiger partial charge in [0, 0.05) is 35.8 Å². The Bertz CT molecular complexity index is 1090. The van der Waals surface area contributed by atoms with Crippen LogP contribution in [0, 0.1) is 0 Å². The summed E-state index contributed by atoms with van der Waals surface area (Å²) in [7, 11) is 4.63. The molecule has 32 heavy (non-hydrogen) atoms. The van der Waals surface area contributed by atoms with E-state index in [0.717, 1.165) is 5.56 Å². The number of nitrogens with zero attached hydrogens (tertiary/aromatic N) is 1. The fourth-order valence-electron chi connectivity index (χ4n) is 3.21. The van der Waals surface area contributed by atoms with Crippen molar-refractivity contribution in [1.82, 2.24) is 4.98 Å². The topological polar surface area (TPSA) is 98.8 Å². The number of rotatable bonds is 9. The summed E-state index contributed by atoms with van der Waals surface area (Å²) in [6.07, 6.45) is 3.86. The van der Waals surface area contributed by atoms with E-state index in [4.69, 9.17) is 14.2 Å². The number of methoxy groups -OCH3 is 3. The van der Waals surface area contributed by atoms with Crippen LogP contribution in [-0.4, -0.2) is 38.1 Å². The standard InChI is InChI=1S/C24H25N3O5/c1-30-20-9-7-16(22(31-2)23(20)32-3)8-10-21(28)26-19-6-4-5-17(15-19)24(29)27-18-11-13-25-14-12-18/h4-7,9,11-15H,8,10H2,1-3H3,(H,26,28)(H,25,27,29). The number of aromatic nitrogens is 1. The van der Waals surface area contributed by atoms with Crippen molar-refractivity contribution in [1.29, 1.82) is 0 Å². The number of hydrogen-bond acceptors (Lipinski definition) is 6. The first-order chi connectivity index (χ1) is 15.5. The van der Waals surface area contributed by atoms with Gasteiger partial charge < -0.3 is 24.8 Å². The van der Waals surface area contributed by atoms with E-state index in [1.54, 1.807) is 69.1 Å². The molecule has 3 rings (SSSR count). The maximum absolute atomic E-state index is 12.5. The number of aryl methyl sites for hydroxylation is 1. The van der Waals surface area contributed by atoms with E-state index in [1.807, 2.05) is 6.07 Å². The van der Waals surface area contributed by atoms with E-state index in [0.29, 0.717) is 40.6 Å². The fraction of sp³-hybridized carbons (Fsp3) is 0.208. The van der Waals surface area contributed by atoms with Crippen molar-refractivity contribution in [2.45, 2.75) is 12.8 Å². The average Bonchev–Trinajstić information content (AvgIpc) is 2.82. The summed E-state index contributed by atoms with van der Waals surface area (Å²) < 4.78 is 16.1. The number of carbonyl (C=O) groups is 2. The molecule has 0 bridgehead atoms. The number of amides is 2. The molecule has 0 atom stereocenters. The fourth-order valence-corrected chi connectivity index (χ4v) is 3.21. The number of pyridine rings is 1. The Morgan fingerprint density at radius 3 is 2.28 bits per heavy atom. The summed E-state index contributed by atoms with van der Waals surface area (Å²) in [4.78, 5) is 28.9. The first-order valence-electron chi connectivity index (χ1n) is 9.94. The molecule has 0 aliphatic carbocycles. The van der Waals surface area contributed by atoms with Crippen molar-refractivity contribution in [3.05, 3.63) is 72.1 Å². The van der Waals surface area contributed by atoms with E-state index < -0.39 is 0 Å². The Morgan fingerprint density at radius 2 is 1.59 bits per heavy atom. The van der Waals surface area contributed by atoms with Crippen LogP contribution >= 0.6 is 0 Å². The van der Waals surface area contributed by atoms with Crippen LogP contribution in [0.15, 0.2) is 60.9 Å². The third-order valence-electron chi connectivity index (χ3n) is 4.75. The lowest BCUT2D eigenvalue weighted by Gasteiger charge is -2.15. The smallest absolute Gasteiger partial charge is 0.255 e. The first-order valence-corrected chi connectivity index (χ1v) is 9.94. The predicted molar refractivity (Wildman–Crippen MR) is 122 cm³/mol. The van der Waals surface area contributed by atoms with Crippen LogP contribution in [0.5, 0.6) is 17.2 Å². The van der Waals surface area contributed by atoms with Crippen molar-refractivity contribution < 1.29 is 23.8 Å². The minimum atomic E-state index is -0.276. The molecule has 1 heterocycles. The molecular formula is C24H25N3O5. The zero-order chi connectivity index (χ0) is 22.9. The molecule has 2 aromatic carbocycles. The van der Waals surface area contributed by atoms with Gasteiger partial charge >= 0.3 is 0 Å². The van der Waals surface area contributed by atoms with Crippen LogP contribution in [-0.2, 0) is 11.2 Å². The van der Waals surface area contributed by atoms with Crippen LogP contribution in [0.1, 0.15) is 22.3 Å². The summed E-state index contributed by atoms with van der Waals surface area (Å²) in [5.74, 6) is 1.12. The van der Waals surface area contributed by atoms with E-state index in [1.165, 1.54) is 7.11 Å². The van der Waals surface area contributed by atoms with Gasteiger partial charge in [-0.15, -0.1) is 0 Å². The zero-order valence-corrected chi connectivity index (χ0v) is 18.2. The molecule has 0 saturated carbocycles. The van der Waals surface area contributed by atoms with E-state index >= 15 is 0 Å². The monoisotopic (exact) mass is 435 g/mol. The van der Waals surface area contributed by atoms with Crippen LogP contribution < -0.4 is 24.8 Å². The number of benzene rings is 2. The van der Waals surface area contributed by atoms with Gasteiger partial charge in [-0.1, -0.05) is 12.1 Å². The highest BCUT2D eigenvalue weighted by Gasteiger charge is 2.16. The summed E-state index contributed by atoms with van der Waals surface area (Å²) in [5.41, 5.74) is 2.44. The second-order valence-electron chi connectivity index (χ2n) is 6.81. The van der Waals surface area contributed by atoms with E-state index in [-0.39, 0.29) is 18.2 Å². The number of hydrogen-bond donors (Lipinski definition) is 2. The van der Waals surface area contributed by atoms with Crippen molar-refractivity contribution in [3.63, 3.8) is 0 Å². The maximum atomic E-state index is 12.5. The minimum absolute atomic E-state index is 0.187. The molecule has 2 N–H and O–H groups in total. The lowest BCUT2D eigenvalue weighted by molar-refractivity contribution is -0.116. The normalized spacial score (nSPS) is 10.2. The van der Waals surface area contributed by atoms with Crippen molar-refractivity contribution in [2.24, 2.45) is 0 Å². The molecule has 0 fully saturated rings.